The largest absolute Gasteiger partial charge is 0.497 e. The van der Waals surface area contributed by atoms with Crippen LogP contribution in [-0.2, 0) is 14.8 Å². The van der Waals surface area contributed by atoms with Crippen LogP contribution < -0.4 is 19.2 Å². The van der Waals surface area contributed by atoms with Gasteiger partial charge in [-0.3, -0.25) is 24.2 Å². The molecule has 13 heteroatoms. The molecule has 35 heavy (non-hydrogen) atoms. The van der Waals surface area contributed by atoms with Gasteiger partial charge in [0.05, 0.1) is 31.0 Å². The molecule has 0 saturated carbocycles. The van der Waals surface area contributed by atoms with Gasteiger partial charge in [-0.05, 0) is 35.9 Å². The molecule has 1 heterocycles. The Bertz CT molecular complexity index is 1350. The van der Waals surface area contributed by atoms with Crippen molar-refractivity contribution in [2.45, 2.75) is 4.90 Å². The number of ether oxygens (including phenoxy) is 2. The van der Waals surface area contributed by atoms with Gasteiger partial charge in [-0.2, -0.15) is 5.10 Å². The molecule has 2 aromatic carbocycles. The number of rotatable bonds is 10. The Hall–Kier alpha value is -4.52. The molecule has 1 amide bonds. The number of para-hydroxylation sites is 1. The number of anilines is 1. The summed E-state index contributed by atoms with van der Waals surface area (Å²) in [6.45, 7) is -0.745. The van der Waals surface area contributed by atoms with E-state index in [-0.39, 0.29) is 11.4 Å². The number of aromatic nitrogens is 1. The first-order valence-electron chi connectivity index (χ1n) is 9.98. The first-order chi connectivity index (χ1) is 16.8. The highest BCUT2D eigenvalue weighted by Gasteiger charge is 2.34. The molecule has 0 bridgehead atoms. The number of nitro groups is 1. The van der Waals surface area contributed by atoms with Crippen molar-refractivity contribution in [2.75, 3.05) is 25.1 Å². The molecule has 0 unspecified atom stereocenters. The van der Waals surface area contributed by atoms with Crippen LogP contribution in [0.5, 0.6) is 11.5 Å². The minimum absolute atomic E-state index is 0.0280. The fourth-order valence-electron chi connectivity index (χ4n) is 3.03. The summed E-state index contributed by atoms with van der Waals surface area (Å²) in [6.07, 6.45) is 4.44. The van der Waals surface area contributed by atoms with Gasteiger partial charge in [-0.15, -0.1) is 0 Å². The van der Waals surface area contributed by atoms with Crippen LogP contribution in [-0.4, -0.2) is 51.2 Å². The molecule has 0 spiro atoms. The minimum Gasteiger partial charge on any atom is -0.497 e. The van der Waals surface area contributed by atoms with Crippen LogP contribution in [0.25, 0.3) is 0 Å². The summed E-state index contributed by atoms with van der Waals surface area (Å²) in [5.74, 6) is -0.352. The topological polar surface area (TPSA) is 153 Å². The van der Waals surface area contributed by atoms with Gasteiger partial charge >= 0.3 is 0 Å². The number of methoxy groups -OCH3 is 2. The zero-order valence-corrected chi connectivity index (χ0v) is 19.5. The van der Waals surface area contributed by atoms with Gasteiger partial charge in [0, 0.05) is 24.5 Å². The molecule has 182 valence electrons. The maximum atomic E-state index is 13.6. The normalized spacial score (nSPS) is 11.1. The number of hydrogen-bond acceptors (Lipinski definition) is 9. The summed E-state index contributed by atoms with van der Waals surface area (Å²) in [4.78, 5) is 26.7. The van der Waals surface area contributed by atoms with E-state index in [4.69, 9.17) is 9.47 Å². The van der Waals surface area contributed by atoms with Gasteiger partial charge in [0.15, 0.2) is 4.90 Å². The van der Waals surface area contributed by atoms with Crippen molar-refractivity contribution in [3.05, 3.63) is 82.7 Å². The quantitative estimate of drug-likeness (QED) is 0.253. The van der Waals surface area contributed by atoms with Crippen molar-refractivity contribution >= 4 is 33.5 Å². The molecule has 0 saturated heterocycles. The van der Waals surface area contributed by atoms with E-state index in [0.29, 0.717) is 15.6 Å². The van der Waals surface area contributed by atoms with Crippen LogP contribution in [0.2, 0.25) is 0 Å². The molecule has 0 atom stereocenters. The van der Waals surface area contributed by atoms with E-state index in [2.05, 4.69) is 15.5 Å². The summed E-state index contributed by atoms with van der Waals surface area (Å²) in [6, 6.07) is 12.4. The van der Waals surface area contributed by atoms with Crippen molar-refractivity contribution < 1.29 is 27.6 Å². The summed E-state index contributed by atoms with van der Waals surface area (Å²) in [5, 5.41) is 15.3. The lowest BCUT2D eigenvalue weighted by Crippen LogP contribution is -2.40. The predicted molar refractivity (Wildman–Crippen MR) is 127 cm³/mol. The Labute approximate surface area is 201 Å². The Morgan fingerprint density at radius 2 is 1.86 bits per heavy atom. The summed E-state index contributed by atoms with van der Waals surface area (Å²) < 4.78 is 38.4. The van der Waals surface area contributed by atoms with Gasteiger partial charge in [-0.1, -0.05) is 12.1 Å². The third-order valence-electron chi connectivity index (χ3n) is 4.68. The molecular weight excluding hydrogens is 478 g/mol. The number of nitro benzene ring substituents is 1. The number of hydrogen-bond donors (Lipinski definition) is 1. The van der Waals surface area contributed by atoms with E-state index in [1.165, 1.54) is 50.8 Å². The fourth-order valence-corrected chi connectivity index (χ4v) is 4.62. The number of pyridine rings is 1. The zero-order valence-electron chi connectivity index (χ0n) is 18.7. The van der Waals surface area contributed by atoms with Crippen molar-refractivity contribution in [3.8, 4) is 11.5 Å². The number of amides is 1. The summed E-state index contributed by atoms with van der Waals surface area (Å²) in [7, 11) is -1.87. The minimum atomic E-state index is -4.60. The highest BCUT2D eigenvalue weighted by atomic mass is 32.2. The standard InChI is InChI=1S/C22H21N5O7S/c1-33-17-7-8-18(20(13-17)34-2)26(15-22(28)25-24-14-16-9-11-23-12-10-16)35(31,32)21-6-4-3-5-19(21)27(29)30/h3-14H,15H2,1-2H3,(H,25,28)/b24-14-. The predicted octanol–water partition coefficient (Wildman–Crippen LogP) is 2.35. The number of nitrogens with zero attached hydrogens (tertiary/aromatic N) is 4. The van der Waals surface area contributed by atoms with Crippen LogP contribution in [0.1, 0.15) is 5.56 Å². The van der Waals surface area contributed by atoms with Crippen LogP contribution >= 0.6 is 0 Å². The number of carbonyl (C=O) groups is 1. The lowest BCUT2D eigenvalue weighted by Gasteiger charge is -2.25. The molecule has 0 aliphatic rings. The average Bonchev–Trinajstić information content (AvgIpc) is 2.87. The monoisotopic (exact) mass is 499 g/mol. The molecular formula is C22H21N5O7S. The first-order valence-corrected chi connectivity index (χ1v) is 11.4. The lowest BCUT2D eigenvalue weighted by atomic mass is 10.2. The lowest BCUT2D eigenvalue weighted by molar-refractivity contribution is -0.387. The van der Waals surface area contributed by atoms with Gasteiger partial charge in [0.2, 0.25) is 0 Å². The second-order valence-corrected chi connectivity index (χ2v) is 8.68. The van der Waals surface area contributed by atoms with Crippen molar-refractivity contribution in [2.24, 2.45) is 5.10 Å². The Balaban J connectivity index is 2.02. The second kappa shape index (κ2) is 11.1. The van der Waals surface area contributed by atoms with Crippen molar-refractivity contribution in [1.29, 1.82) is 0 Å². The SMILES string of the molecule is COc1ccc(N(CC(=O)N/N=C\c2ccncc2)S(=O)(=O)c2ccccc2[N+](=O)[O-])c(OC)c1. The van der Waals surface area contributed by atoms with E-state index >= 15 is 0 Å². The molecule has 1 N–H and O–H groups in total. The molecule has 0 aliphatic carbocycles. The molecule has 0 radical (unpaired) electrons. The smallest absolute Gasteiger partial charge is 0.289 e. The van der Waals surface area contributed by atoms with Crippen LogP contribution in [0, 0.1) is 10.1 Å². The van der Waals surface area contributed by atoms with E-state index in [1.807, 2.05) is 0 Å². The summed E-state index contributed by atoms with van der Waals surface area (Å²) in [5.41, 5.74) is 2.25. The highest BCUT2D eigenvalue weighted by molar-refractivity contribution is 7.93. The number of hydrazone groups is 1. The van der Waals surface area contributed by atoms with Crippen LogP contribution in [0.3, 0.4) is 0 Å². The maximum absolute atomic E-state index is 13.6. The Morgan fingerprint density at radius 1 is 1.14 bits per heavy atom. The number of carbonyl (C=O) groups excluding carboxylic acids is 1. The van der Waals surface area contributed by atoms with Crippen LogP contribution in [0.4, 0.5) is 11.4 Å². The number of sulfonamides is 1. The molecule has 0 fully saturated rings. The second-order valence-electron chi connectivity index (χ2n) is 6.85. The van der Waals surface area contributed by atoms with E-state index in [1.54, 1.807) is 24.5 Å². The van der Waals surface area contributed by atoms with Crippen molar-refractivity contribution in [3.63, 3.8) is 0 Å². The third kappa shape index (κ3) is 5.89. The van der Waals surface area contributed by atoms with Gasteiger partial charge in [0.1, 0.15) is 18.0 Å². The summed E-state index contributed by atoms with van der Waals surface area (Å²) >= 11 is 0. The van der Waals surface area contributed by atoms with Gasteiger partial charge in [-0.25, -0.2) is 13.8 Å². The van der Waals surface area contributed by atoms with E-state index < -0.39 is 38.0 Å². The molecule has 3 aromatic rings. The third-order valence-corrected chi connectivity index (χ3v) is 6.49. The number of benzene rings is 2. The maximum Gasteiger partial charge on any atom is 0.289 e. The Morgan fingerprint density at radius 3 is 2.51 bits per heavy atom. The molecule has 3 rings (SSSR count). The molecule has 0 aliphatic heterocycles. The van der Waals surface area contributed by atoms with Gasteiger partial charge in [0.25, 0.3) is 21.6 Å². The van der Waals surface area contributed by atoms with Crippen molar-refractivity contribution in [1.82, 2.24) is 10.4 Å². The van der Waals surface area contributed by atoms with E-state index in [0.717, 1.165) is 12.1 Å². The Kier molecular flexibility index (Phi) is 7.94. The average molecular weight is 500 g/mol. The first kappa shape index (κ1) is 25.1. The fraction of sp³-hybridized carbons (Fsp3) is 0.136. The molecule has 1 aromatic heterocycles. The molecule has 12 nitrogen and oxygen atoms in total. The van der Waals surface area contributed by atoms with Gasteiger partial charge < -0.3 is 9.47 Å². The van der Waals surface area contributed by atoms with E-state index in [9.17, 15) is 23.3 Å². The number of nitrogens with one attached hydrogen (secondary N) is 1. The zero-order chi connectivity index (χ0) is 25.4. The van der Waals surface area contributed by atoms with Crippen LogP contribution in [0.15, 0.2) is 77.0 Å². The highest BCUT2D eigenvalue weighted by Crippen LogP contribution is 2.37.